The van der Waals surface area contributed by atoms with Crippen molar-refractivity contribution >= 4 is 0 Å². The van der Waals surface area contributed by atoms with E-state index in [0.717, 1.165) is 19.3 Å². The van der Waals surface area contributed by atoms with Crippen LogP contribution in [0, 0.1) is 56.8 Å². The zero-order valence-electron chi connectivity index (χ0n) is 9.15. The molecule has 0 amide bonds. The maximum absolute atomic E-state index is 2.99. The van der Waals surface area contributed by atoms with Crippen LogP contribution in [-0.4, -0.2) is 0 Å². The molecule has 84 valence electrons. The summed E-state index contributed by atoms with van der Waals surface area (Å²) in [5.74, 6) is 0. The van der Waals surface area contributed by atoms with E-state index >= 15 is 0 Å². The van der Waals surface area contributed by atoms with E-state index in [1.807, 2.05) is 36.5 Å². The SMILES string of the molecule is [C-]1=CC=CC1.[C-]1=CC=CC1.[C-]1=CC=CC1.[Tb+3]. The minimum absolute atomic E-state index is 0. The second-order valence-corrected chi connectivity index (χ2v) is 3.01. The van der Waals surface area contributed by atoms with Gasteiger partial charge >= 0.3 is 38.6 Å². The van der Waals surface area contributed by atoms with Crippen LogP contribution in [0.4, 0.5) is 0 Å². The van der Waals surface area contributed by atoms with Crippen molar-refractivity contribution in [1.29, 1.82) is 0 Å². The van der Waals surface area contributed by atoms with Crippen molar-refractivity contribution in [3.63, 3.8) is 0 Å². The number of rotatable bonds is 0. The van der Waals surface area contributed by atoms with Gasteiger partial charge in [0.2, 0.25) is 0 Å². The van der Waals surface area contributed by atoms with Crippen LogP contribution >= 0.6 is 0 Å². The summed E-state index contributed by atoms with van der Waals surface area (Å²) in [6, 6.07) is 0. The average Bonchev–Trinajstić information content (AvgIpc) is 3.09. The number of allylic oxidation sites excluding steroid dienone is 12. The quantitative estimate of drug-likeness (QED) is 0.579. The van der Waals surface area contributed by atoms with Gasteiger partial charge in [0.15, 0.2) is 0 Å². The minimum Gasteiger partial charge on any atom is -0.273 e. The van der Waals surface area contributed by atoms with E-state index in [2.05, 4.69) is 36.5 Å². The van der Waals surface area contributed by atoms with Crippen molar-refractivity contribution in [2.75, 3.05) is 0 Å². The largest absolute Gasteiger partial charge is 3.00 e. The maximum Gasteiger partial charge on any atom is 3.00 e. The van der Waals surface area contributed by atoms with Gasteiger partial charge in [-0.2, -0.15) is 18.2 Å². The van der Waals surface area contributed by atoms with E-state index in [9.17, 15) is 0 Å². The second kappa shape index (κ2) is 12.8. The first-order chi connectivity index (χ1) is 7.50. The third-order valence-corrected chi connectivity index (χ3v) is 1.76. The summed E-state index contributed by atoms with van der Waals surface area (Å²) in [4.78, 5) is 0. The molecule has 3 aliphatic carbocycles. The molecule has 0 saturated carbocycles. The molecule has 1 heteroatoms. The molecule has 0 bridgehead atoms. The summed E-state index contributed by atoms with van der Waals surface area (Å²) in [5.41, 5.74) is 0. The van der Waals surface area contributed by atoms with Gasteiger partial charge < -0.3 is 0 Å². The van der Waals surface area contributed by atoms with Gasteiger partial charge in [-0.1, -0.05) is 0 Å². The molecule has 16 heavy (non-hydrogen) atoms. The van der Waals surface area contributed by atoms with Gasteiger partial charge in [0.1, 0.15) is 0 Å². The molecule has 0 spiro atoms. The Labute approximate surface area is 130 Å². The topological polar surface area (TPSA) is 0 Å². The minimum atomic E-state index is 0. The Hall–Kier alpha value is -0.274. The smallest absolute Gasteiger partial charge is 0.273 e. The third-order valence-electron chi connectivity index (χ3n) is 1.76. The standard InChI is InChI=1S/3C5H5.Tb/c3*1-2-4-5-3-1;/h3*1-3H,4H2;/q3*-1;+3. The number of hydrogen-bond donors (Lipinski definition) is 0. The molecule has 3 rings (SSSR count). The molecule has 0 heterocycles. The van der Waals surface area contributed by atoms with Crippen LogP contribution in [0.25, 0.3) is 0 Å². The van der Waals surface area contributed by atoms with E-state index in [1.165, 1.54) is 0 Å². The van der Waals surface area contributed by atoms with E-state index < -0.39 is 0 Å². The van der Waals surface area contributed by atoms with Gasteiger partial charge in [-0.15, -0.1) is 19.3 Å². The molecule has 0 unspecified atom stereocenters. The molecule has 0 nitrogen and oxygen atoms in total. The molecule has 0 atom stereocenters. The van der Waals surface area contributed by atoms with Crippen molar-refractivity contribution < 1.29 is 38.6 Å². The van der Waals surface area contributed by atoms with E-state index in [4.69, 9.17) is 0 Å². The monoisotopic (exact) mass is 354 g/mol. The molecule has 0 aromatic heterocycles. The van der Waals surface area contributed by atoms with Crippen LogP contribution in [0.5, 0.6) is 0 Å². The summed E-state index contributed by atoms with van der Waals surface area (Å²) in [5, 5.41) is 0. The van der Waals surface area contributed by atoms with Gasteiger partial charge in [0.05, 0.1) is 0 Å². The normalized spacial score (nSPS) is 16.5. The number of hydrogen-bond acceptors (Lipinski definition) is 0. The molecule has 3 aliphatic rings. The Morgan fingerprint density at radius 2 is 0.875 bits per heavy atom. The van der Waals surface area contributed by atoms with Gasteiger partial charge in [-0.3, -0.25) is 18.2 Å². The fourth-order valence-corrected chi connectivity index (χ4v) is 1.02. The van der Waals surface area contributed by atoms with Crippen LogP contribution in [-0.2, 0) is 0 Å². The van der Waals surface area contributed by atoms with E-state index in [1.54, 1.807) is 0 Å². The van der Waals surface area contributed by atoms with Crippen LogP contribution in [0.2, 0.25) is 0 Å². The molecule has 0 saturated heterocycles. The summed E-state index contributed by atoms with van der Waals surface area (Å²) in [6.07, 6.45) is 30.0. The Kier molecular flexibility index (Phi) is 12.6. The van der Waals surface area contributed by atoms with Gasteiger partial charge in [-0.25, -0.2) is 36.5 Å². The summed E-state index contributed by atoms with van der Waals surface area (Å²) in [6.45, 7) is 0. The molecular formula is C15H15Tb. The fraction of sp³-hybridized carbons (Fsp3) is 0.200. The van der Waals surface area contributed by atoms with E-state index in [-0.39, 0.29) is 38.6 Å². The Morgan fingerprint density at radius 3 is 0.938 bits per heavy atom. The molecule has 0 fully saturated rings. The van der Waals surface area contributed by atoms with Crippen LogP contribution in [0.1, 0.15) is 19.3 Å². The molecule has 0 N–H and O–H groups in total. The zero-order valence-corrected chi connectivity index (χ0v) is 11.3. The average molecular weight is 354 g/mol. The van der Waals surface area contributed by atoms with Crippen LogP contribution < -0.4 is 0 Å². The predicted octanol–water partition coefficient (Wildman–Crippen LogP) is 3.92. The fourth-order valence-electron chi connectivity index (χ4n) is 1.02. The van der Waals surface area contributed by atoms with Crippen LogP contribution in [0.3, 0.4) is 0 Å². The molecular weight excluding hydrogens is 339 g/mol. The maximum atomic E-state index is 2.99. The van der Waals surface area contributed by atoms with Gasteiger partial charge in [0, 0.05) is 0 Å². The molecule has 0 aliphatic heterocycles. The molecule has 0 radical (unpaired) electrons. The second-order valence-electron chi connectivity index (χ2n) is 3.01. The zero-order chi connectivity index (χ0) is 10.6. The van der Waals surface area contributed by atoms with Gasteiger partial charge in [-0.05, 0) is 0 Å². The predicted molar refractivity (Wildman–Crippen MR) is 64.7 cm³/mol. The van der Waals surface area contributed by atoms with E-state index in [0.29, 0.717) is 0 Å². The first-order valence-electron chi connectivity index (χ1n) is 5.15. The first-order valence-corrected chi connectivity index (χ1v) is 5.15. The first kappa shape index (κ1) is 15.7. The summed E-state index contributed by atoms with van der Waals surface area (Å²) in [7, 11) is 0. The van der Waals surface area contributed by atoms with Crippen molar-refractivity contribution in [3.8, 4) is 0 Å². The Balaban J connectivity index is 0.000000205. The molecule has 0 aromatic rings. The summed E-state index contributed by atoms with van der Waals surface area (Å²) >= 11 is 0. The van der Waals surface area contributed by atoms with Crippen LogP contribution in [0.15, 0.2) is 54.7 Å². The third kappa shape index (κ3) is 10.3. The van der Waals surface area contributed by atoms with Crippen molar-refractivity contribution in [1.82, 2.24) is 0 Å². The van der Waals surface area contributed by atoms with Crippen molar-refractivity contribution in [3.05, 3.63) is 72.9 Å². The molecule has 0 aromatic carbocycles. The Bertz CT molecular complexity index is 232. The van der Waals surface area contributed by atoms with Crippen molar-refractivity contribution in [2.24, 2.45) is 0 Å². The van der Waals surface area contributed by atoms with Gasteiger partial charge in [0.25, 0.3) is 0 Å². The Morgan fingerprint density at radius 1 is 0.562 bits per heavy atom. The summed E-state index contributed by atoms with van der Waals surface area (Å²) < 4.78 is 0. The van der Waals surface area contributed by atoms with Crippen molar-refractivity contribution in [2.45, 2.75) is 19.3 Å².